The van der Waals surface area contributed by atoms with E-state index in [0.29, 0.717) is 5.69 Å². The number of pyridine rings is 1. The number of nitro benzene ring substituents is 2. The number of hydrogen-bond acceptors (Lipinski definition) is 9. The quantitative estimate of drug-likeness (QED) is 0.268. The summed E-state index contributed by atoms with van der Waals surface area (Å²) in [5.74, 6) is 0.0127. The molecule has 1 heterocycles. The Morgan fingerprint density at radius 3 is 1.70 bits per heavy atom. The number of phosphoric acid groups is 1. The molecule has 0 aliphatic heterocycles. The molecule has 0 atom stereocenters. The van der Waals surface area contributed by atoms with Crippen molar-refractivity contribution in [2.45, 2.75) is 6.61 Å². The number of rotatable bonds is 9. The van der Waals surface area contributed by atoms with E-state index >= 15 is 0 Å². The Bertz CT molecular complexity index is 1010. The van der Waals surface area contributed by atoms with E-state index in [1.165, 1.54) is 54.7 Å². The number of hydrogen-bond donors (Lipinski definition) is 0. The molecule has 1 aromatic heterocycles. The summed E-state index contributed by atoms with van der Waals surface area (Å²) >= 11 is 0. The molecule has 12 heteroatoms. The first-order chi connectivity index (χ1) is 14.3. The number of non-ortho nitro benzene ring substituents is 2. The lowest BCUT2D eigenvalue weighted by Gasteiger charge is -2.19. The van der Waals surface area contributed by atoms with Crippen LogP contribution < -0.4 is 9.05 Å². The highest BCUT2D eigenvalue weighted by molar-refractivity contribution is 7.49. The minimum Gasteiger partial charge on any atom is -0.395 e. The molecule has 0 aliphatic carbocycles. The van der Waals surface area contributed by atoms with Gasteiger partial charge in [-0.05, 0) is 36.4 Å². The SMILES string of the molecule is O=[N+]([O-])c1ccc(OP(=O)(OCc2ccccn2)Oc2ccc([N+](=O)[O-])cc2)cc1. The Morgan fingerprint density at radius 2 is 1.30 bits per heavy atom. The second-order valence-corrected chi connectivity index (χ2v) is 7.24. The molecule has 0 bridgehead atoms. The van der Waals surface area contributed by atoms with Crippen molar-refractivity contribution in [3.05, 3.63) is 98.8 Å². The normalized spacial score (nSPS) is 10.9. The number of aromatic nitrogens is 1. The molecule has 30 heavy (non-hydrogen) atoms. The van der Waals surface area contributed by atoms with Gasteiger partial charge in [-0.2, -0.15) is 0 Å². The molecular weight excluding hydrogens is 417 g/mol. The highest BCUT2D eigenvalue weighted by Gasteiger charge is 2.31. The van der Waals surface area contributed by atoms with Crippen LogP contribution >= 0.6 is 7.82 Å². The van der Waals surface area contributed by atoms with E-state index in [1.807, 2.05) is 0 Å². The summed E-state index contributed by atoms with van der Waals surface area (Å²) in [4.78, 5) is 24.4. The van der Waals surface area contributed by atoms with Crippen LogP contribution in [0.4, 0.5) is 11.4 Å². The third-order valence-electron chi connectivity index (χ3n) is 3.63. The maximum Gasteiger partial charge on any atom is 0.587 e. The monoisotopic (exact) mass is 431 g/mol. The molecule has 0 N–H and O–H groups in total. The summed E-state index contributed by atoms with van der Waals surface area (Å²) in [6.07, 6.45) is 1.53. The van der Waals surface area contributed by atoms with Crippen LogP contribution in [0.5, 0.6) is 11.5 Å². The molecule has 0 unspecified atom stereocenters. The molecule has 0 saturated heterocycles. The van der Waals surface area contributed by atoms with Crippen LogP contribution in [-0.2, 0) is 15.7 Å². The number of nitrogens with zero attached hydrogens (tertiary/aromatic N) is 3. The van der Waals surface area contributed by atoms with Crippen molar-refractivity contribution in [1.82, 2.24) is 4.98 Å². The lowest BCUT2D eigenvalue weighted by atomic mass is 10.3. The smallest absolute Gasteiger partial charge is 0.395 e. The zero-order valence-corrected chi connectivity index (χ0v) is 16.1. The van der Waals surface area contributed by atoms with Gasteiger partial charge in [0.15, 0.2) is 0 Å². The van der Waals surface area contributed by atoms with E-state index in [0.717, 1.165) is 0 Å². The lowest BCUT2D eigenvalue weighted by molar-refractivity contribution is -0.385. The van der Waals surface area contributed by atoms with Gasteiger partial charge in [-0.3, -0.25) is 29.7 Å². The molecule has 0 spiro atoms. The second kappa shape index (κ2) is 9.12. The molecular formula is C18H14N3O8P. The molecule has 3 aromatic rings. The van der Waals surface area contributed by atoms with Gasteiger partial charge in [0.2, 0.25) is 0 Å². The maximum atomic E-state index is 13.2. The van der Waals surface area contributed by atoms with Crippen molar-refractivity contribution in [3.63, 3.8) is 0 Å². The van der Waals surface area contributed by atoms with Crippen LogP contribution in [-0.4, -0.2) is 14.8 Å². The number of nitro groups is 2. The Labute approximate surface area is 169 Å². The Morgan fingerprint density at radius 1 is 0.800 bits per heavy atom. The van der Waals surface area contributed by atoms with Crippen molar-refractivity contribution in [3.8, 4) is 11.5 Å². The standard InChI is InChI=1S/C18H14N3O8P/c22-20(23)15-4-8-17(9-5-15)28-30(26,27-13-14-3-1-2-12-19-14)29-18-10-6-16(7-11-18)21(24)25/h1-12H,13H2. The van der Waals surface area contributed by atoms with Crippen LogP contribution in [0.2, 0.25) is 0 Å². The molecule has 3 rings (SSSR count). The largest absolute Gasteiger partial charge is 0.587 e. The van der Waals surface area contributed by atoms with E-state index in [9.17, 15) is 24.8 Å². The fraction of sp³-hybridized carbons (Fsp3) is 0.0556. The van der Waals surface area contributed by atoms with Crippen LogP contribution in [0.3, 0.4) is 0 Å². The zero-order chi connectivity index (χ0) is 21.6. The van der Waals surface area contributed by atoms with Gasteiger partial charge in [0.1, 0.15) is 18.1 Å². The predicted molar refractivity (Wildman–Crippen MR) is 104 cm³/mol. The van der Waals surface area contributed by atoms with E-state index in [1.54, 1.807) is 18.2 Å². The average Bonchev–Trinajstić information content (AvgIpc) is 2.74. The fourth-order valence-electron chi connectivity index (χ4n) is 2.22. The molecule has 0 fully saturated rings. The Kier molecular flexibility index (Phi) is 6.35. The van der Waals surface area contributed by atoms with Gasteiger partial charge in [0.25, 0.3) is 11.4 Å². The predicted octanol–water partition coefficient (Wildman–Crippen LogP) is 4.68. The highest BCUT2D eigenvalue weighted by Crippen LogP contribution is 2.50. The first-order valence-corrected chi connectivity index (χ1v) is 9.83. The van der Waals surface area contributed by atoms with Crippen LogP contribution in [0.1, 0.15) is 5.69 Å². The summed E-state index contributed by atoms with van der Waals surface area (Å²) in [5, 5.41) is 21.6. The van der Waals surface area contributed by atoms with E-state index < -0.39 is 17.7 Å². The van der Waals surface area contributed by atoms with Gasteiger partial charge in [0, 0.05) is 30.5 Å². The minimum atomic E-state index is -4.29. The van der Waals surface area contributed by atoms with Crippen molar-refractivity contribution in [1.29, 1.82) is 0 Å². The molecule has 2 aromatic carbocycles. The third-order valence-corrected chi connectivity index (χ3v) is 4.94. The van der Waals surface area contributed by atoms with Crippen LogP contribution in [0, 0.1) is 20.2 Å². The van der Waals surface area contributed by atoms with Crippen molar-refractivity contribution in [2.75, 3.05) is 0 Å². The summed E-state index contributed by atoms with van der Waals surface area (Å²) < 4.78 is 29.3. The van der Waals surface area contributed by atoms with Gasteiger partial charge < -0.3 is 9.05 Å². The summed E-state index contributed by atoms with van der Waals surface area (Å²) in [6.45, 7) is -0.210. The number of benzene rings is 2. The molecule has 0 radical (unpaired) electrons. The van der Waals surface area contributed by atoms with Gasteiger partial charge in [-0.1, -0.05) is 6.07 Å². The number of phosphoric ester groups is 1. The van der Waals surface area contributed by atoms with E-state index in [2.05, 4.69) is 4.98 Å². The zero-order valence-electron chi connectivity index (χ0n) is 15.2. The van der Waals surface area contributed by atoms with E-state index in [-0.39, 0.29) is 29.5 Å². The molecule has 154 valence electrons. The topological polar surface area (TPSA) is 144 Å². The van der Waals surface area contributed by atoms with Gasteiger partial charge in [0.05, 0.1) is 15.5 Å². The molecule has 11 nitrogen and oxygen atoms in total. The fourth-order valence-corrected chi connectivity index (χ4v) is 3.41. The molecule has 0 aliphatic rings. The maximum absolute atomic E-state index is 13.2. The van der Waals surface area contributed by atoms with Crippen LogP contribution in [0.15, 0.2) is 72.9 Å². The third kappa shape index (κ3) is 5.60. The van der Waals surface area contributed by atoms with E-state index in [4.69, 9.17) is 13.6 Å². The van der Waals surface area contributed by atoms with Crippen molar-refractivity contribution in [2.24, 2.45) is 0 Å². The average molecular weight is 431 g/mol. The second-order valence-electron chi connectivity index (χ2n) is 5.73. The van der Waals surface area contributed by atoms with Crippen LogP contribution in [0.25, 0.3) is 0 Å². The van der Waals surface area contributed by atoms with Gasteiger partial charge in [-0.25, -0.2) is 4.57 Å². The molecule has 0 amide bonds. The first kappa shape index (κ1) is 20.9. The first-order valence-electron chi connectivity index (χ1n) is 8.37. The van der Waals surface area contributed by atoms with Crippen molar-refractivity contribution >= 4 is 19.2 Å². The van der Waals surface area contributed by atoms with Gasteiger partial charge >= 0.3 is 7.82 Å². The molecule has 0 saturated carbocycles. The van der Waals surface area contributed by atoms with Crippen molar-refractivity contribution < 1.29 is 28.0 Å². The summed E-state index contributed by atoms with van der Waals surface area (Å²) in [6, 6.07) is 14.7. The Balaban J connectivity index is 1.82. The lowest BCUT2D eigenvalue weighted by Crippen LogP contribution is -2.06. The minimum absolute atomic E-state index is 0.00636. The Hall–Kier alpha value is -3.82. The summed E-state index contributed by atoms with van der Waals surface area (Å²) in [5.41, 5.74) is 0.100. The summed E-state index contributed by atoms with van der Waals surface area (Å²) in [7, 11) is -4.29. The van der Waals surface area contributed by atoms with Gasteiger partial charge in [-0.15, -0.1) is 0 Å². The highest BCUT2D eigenvalue weighted by atomic mass is 31.2.